The average Bonchev–Trinajstić information content (AvgIpc) is 2.53. The number of nitrogens with two attached hydrogens (primary N) is 1. The lowest BCUT2D eigenvalue weighted by atomic mass is 10.1. The van der Waals surface area contributed by atoms with Crippen LogP contribution in [0.2, 0.25) is 0 Å². The Balaban J connectivity index is 1.79. The number of likely N-dealkylation sites (tertiary alicyclic amines) is 1. The minimum atomic E-state index is 0.300. The summed E-state index contributed by atoms with van der Waals surface area (Å²) in [6.07, 6.45) is 3.14. The summed E-state index contributed by atoms with van der Waals surface area (Å²) in [4.78, 5) is 16.7. The van der Waals surface area contributed by atoms with Crippen LogP contribution in [-0.2, 0) is 4.79 Å². The van der Waals surface area contributed by atoms with Crippen molar-refractivity contribution in [2.75, 3.05) is 38.5 Å². The highest BCUT2D eigenvalue weighted by Gasteiger charge is 2.27. The predicted octanol–water partition coefficient (Wildman–Crippen LogP) is 1.15. The first kappa shape index (κ1) is 15.1. The fourth-order valence-electron chi connectivity index (χ4n) is 2.67. The van der Waals surface area contributed by atoms with Crippen LogP contribution in [0.5, 0.6) is 0 Å². The quantitative estimate of drug-likeness (QED) is 0.827. The zero-order valence-electron chi connectivity index (χ0n) is 12.2. The second-order valence-corrected chi connectivity index (χ2v) is 8.15. The van der Waals surface area contributed by atoms with Gasteiger partial charge >= 0.3 is 0 Å². The summed E-state index contributed by atoms with van der Waals surface area (Å²) >= 11 is 1.98. The number of nitrogens with zero attached hydrogens (tertiary/aromatic N) is 2. The first-order valence-electron chi connectivity index (χ1n) is 7.36. The van der Waals surface area contributed by atoms with Crippen molar-refractivity contribution in [1.82, 2.24) is 9.80 Å². The zero-order chi connectivity index (χ0) is 13.9. The second-order valence-electron chi connectivity index (χ2n) is 6.35. The standard InChI is InChI=1S/C14H27N3OS/c1-14(2)5-8-17(9-10-19-14)13(18)11-16-6-3-12(15)4-7-16/h12H,3-11,15H2,1-2H3. The molecule has 0 aliphatic carbocycles. The summed E-state index contributed by atoms with van der Waals surface area (Å²) in [5, 5.41) is 0. The van der Waals surface area contributed by atoms with E-state index in [-0.39, 0.29) is 0 Å². The van der Waals surface area contributed by atoms with Gasteiger partial charge in [0.15, 0.2) is 0 Å². The molecule has 2 N–H and O–H groups in total. The van der Waals surface area contributed by atoms with E-state index in [1.807, 2.05) is 11.8 Å². The molecule has 2 rings (SSSR count). The highest BCUT2D eigenvalue weighted by Crippen LogP contribution is 2.30. The van der Waals surface area contributed by atoms with E-state index in [0.717, 1.165) is 51.2 Å². The summed E-state index contributed by atoms with van der Waals surface area (Å²) in [5.41, 5.74) is 5.90. The van der Waals surface area contributed by atoms with Gasteiger partial charge in [-0.1, -0.05) is 13.8 Å². The molecular formula is C14H27N3OS. The Hall–Kier alpha value is -0.260. The van der Waals surface area contributed by atoms with Gasteiger partial charge < -0.3 is 10.6 Å². The molecule has 2 fully saturated rings. The third-order valence-corrected chi connectivity index (χ3v) is 5.55. The molecule has 2 heterocycles. The molecule has 2 saturated heterocycles. The van der Waals surface area contributed by atoms with Crippen molar-refractivity contribution in [3.63, 3.8) is 0 Å². The van der Waals surface area contributed by atoms with Gasteiger partial charge in [0.25, 0.3) is 0 Å². The van der Waals surface area contributed by atoms with Crippen LogP contribution in [0.25, 0.3) is 0 Å². The van der Waals surface area contributed by atoms with Gasteiger partial charge in [-0.25, -0.2) is 0 Å². The molecule has 0 saturated carbocycles. The lowest BCUT2D eigenvalue weighted by molar-refractivity contribution is -0.132. The lowest BCUT2D eigenvalue weighted by Gasteiger charge is -2.31. The van der Waals surface area contributed by atoms with Crippen molar-refractivity contribution in [2.24, 2.45) is 5.73 Å². The van der Waals surface area contributed by atoms with Crippen molar-refractivity contribution in [1.29, 1.82) is 0 Å². The molecule has 0 atom stereocenters. The van der Waals surface area contributed by atoms with E-state index < -0.39 is 0 Å². The maximum atomic E-state index is 12.4. The molecule has 0 unspecified atom stereocenters. The molecule has 0 radical (unpaired) electrons. The minimum absolute atomic E-state index is 0.300. The average molecular weight is 285 g/mol. The van der Waals surface area contributed by atoms with Gasteiger partial charge in [-0.05, 0) is 19.3 Å². The summed E-state index contributed by atoms with van der Waals surface area (Å²) in [6, 6.07) is 0.335. The molecule has 0 spiro atoms. The van der Waals surface area contributed by atoms with Crippen LogP contribution in [-0.4, -0.2) is 65.0 Å². The van der Waals surface area contributed by atoms with E-state index in [4.69, 9.17) is 5.73 Å². The highest BCUT2D eigenvalue weighted by molar-refractivity contribution is 8.00. The van der Waals surface area contributed by atoms with Crippen molar-refractivity contribution in [3.05, 3.63) is 0 Å². The van der Waals surface area contributed by atoms with Gasteiger partial charge in [0, 0.05) is 42.7 Å². The van der Waals surface area contributed by atoms with Crippen LogP contribution in [0.3, 0.4) is 0 Å². The van der Waals surface area contributed by atoms with E-state index in [9.17, 15) is 4.79 Å². The van der Waals surface area contributed by atoms with Crippen molar-refractivity contribution >= 4 is 17.7 Å². The van der Waals surface area contributed by atoms with Crippen LogP contribution >= 0.6 is 11.8 Å². The Morgan fingerprint density at radius 2 is 1.95 bits per heavy atom. The Kier molecular flexibility index (Phi) is 5.15. The Morgan fingerprint density at radius 1 is 1.26 bits per heavy atom. The molecule has 0 aromatic rings. The maximum Gasteiger partial charge on any atom is 0.236 e. The van der Waals surface area contributed by atoms with Crippen molar-refractivity contribution in [2.45, 2.75) is 43.9 Å². The zero-order valence-corrected chi connectivity index (χ0v) is 13.0. The Labute approximate surface area is 121 Å². The molecule has 5 heteroatoms. The Bertz CT molecular complexity index is 314. The molecule has 1 amide bonds. The van der Waals surface area contributed by atoms with Crippen LogP contribution in [0, 0.1) is 0 Å². The summed E-state index contributed by atoms with van der Waals surface area (Å²) in [6.45, 7) is 8.89. The topological polar surface area (TPSA) is 49.6 Å². The van der Waals surface area contributed by atoms with Gasteiger partial charge in [-0.15, -0.1) is 0 Å². The fourth-order valence-corrected chi connectivity index (χ4v) is 3.77. The molecule has 4 nitrogen and oxygen atoms in total. The van der Waals surface area contributed by atoms with Crippen molar-refractivity contribution < 1.29 is 4.79 Å². The van der Waals surface area contributed by atoms with E-state index in [1.165, 1.54) is 0 Å². The normalized spacial score (nSPS) is 26.2. The fraction of sp³-hybridized carbons (Fsp3) is 0.929. The van der Waals surface area contributed by atoms with Gasteiger partial charge in [0.05, 0.1) is 6.54 Å². The number of thioether (sulfide) groups is 1. The monoisotopic (exact) mass is 285 g/mol. The van der Waals surface area contributed by atoms with E-state index >= 15 is 0 Å². The molecule has 110 valence electrons. The predicted molar refractivity (Wildman–Crippen MR) is 81.4 cm³/mol. The van der Waals surface area contributed by atoms with E-state index in [2.05, 4.69) is 23.6 Å². The number of carbonyl (C=O) groups excluding carboxylic acids is 1. The van der Waals surface area contributed by atoms with Crippen LogP contribution < -0.4 is 5.73 Å². The van der Waals surface area contributed by atoms with E-state index in [0.29, 0.717) is 23.2 Å². The summed E-state index contributed by atoms with van der Waals surface area (Å²) < 4.78 is 0.312. The number of carbonyl (C=O) groups is 1. The molecule has 0 bridgehead atoms. The number of hydrogen-bond acceptors (Lipinski definition) is 4. The van der Waals surface area contributed by atoms with Crippen LogP contribution in [0.15, 0.2) is 0 Å². The summed E-state index contributed by atoms with van der Waals surface area (Å²) in [5.74, 6) is 1.36. The summed E-state index contributed by atoms with van der Waals surface area (Å²) in [7, 11) is 0. The first-order chi connectivity index (χ1) is 8.96. The second kappa shape index (κ2) is 6.46. The number of piperidine rings is 1. The maximum absolute atomic E-state index is 12.4. The Morgan fingerprint density at radius 3 is 2.63 bits per heavy atom. The van der Waals surface area contributed by atoms with Crippen LogP contribution in [0.4, 0.5) is 0 Å². The molecule has 0 aromatic carbocycles. The van der Waals surface area contributed by atoms with Gasteiger partial charge in [0.2, 0.25) is 5.91 Å². The molecule has 2 aliphatic rings. The smallest absolute Gasteiger partial charge is 0.236 e. The first-order valence-corrected chi connectivity index (χ1v) is 8.34. The van der Waals surface area contributed by atoms with E-state index in [1.54, 1.807) is 0 Å². The lowest BCUT2D eigenvalue weighted by Crippen LogP contribution is -2.46. The SMILES string of the molecule is CC1(C)CCN(C(=O)CN2CCC(N)CC2)CCS1. The van der Waals surface area contributed by atoms with Gasteiger partial charge in [-0.3, -0.25) is 9.69 Å². The molecule has 19 heavy (non-hydrogen) atoms. The van der Waals surface area contributed by atoms with Crippen LogP contribution in [0.1, 0.15) is 33.1 Å². The number of rotatable bonds is 2. The number of hydrogen-bond donors (Lipinski definition) is 1. The largest absolute Gasteiger partial charge is 0.341 e. The molecule has 2 aliphatic heterocycles. The van der Waals surface area contributed by atoms with Gasteiger partial charge in [0.1, 0.15) is 0 Å². The molecular weight excluding hydrogens is 258 g/mol. The number of amides is 1. The highest BCUT2D eigenvalue weighted by atomic mass is 32.2. The third kappa shape index (κ3) is 4.65. The van der Waals surface area contributed by atoms with Gasteiger partial charge in [-0.2, -0.15) is 11.8 Å². The third-order valence-electron chi connectivity index (χ3n) is 4.18. The van der Waals surface area contributed by atoms with Crippen molar-refractivity contribution in [3.8, 4) is 0 Å². The molecule has 0 aromatic heterocycles. The minimum Gasteiger partial charge on any atom is -0.341 e.